The van der Waals surface area contributed by atoms with E-state index < -0.39 is 40.0 Å². The summed E-state index contributed by atoms with van der Waals surface area (Å²) < 4.78 is 55.9. The minimum atomic E-state index is -4.85. The molecule has 1 aromatic heterocycles. The van der Waals surface area contributed by atoms with Crippen molar-refractivity contribution >= 4 is 34.4 Å². The van der Waals surface area contributed by atoms with Gasteiger partial charge >= 0.3 is 12.1 Å². The first kappa shape index (κ1) is 21.5. The highest BCUT2D eigenvalue weighted by molar-refractivity contribution is 6.34. The molecule has 0 bridgehead atoms. The summed E-state index contributed by atoms with van der Waals surface area (Å²) >= 11 is 5.95. The maximum Gasteiger partial charge on any atom is 0.417 e. The van der Waals surface area contributed by atoms with E-state index in [2.05, 4.69) is 5.10 Å². The Morgan fingerprint density at radius 3 is 2.38 bits per heavy atom. The summed E-state index contributed by atoms with van der Waals surface area (Å²) in [5.41, 5.74) is -2.34. The molecule has 0 aliphatic carbocycles. The zero-order valence-corrected chi connectivity index (χ0v) is 16.6. The van der Waals surface area contributed by atoms with Gasteiger partial charge < -0.3 is 5.11 Å². The van der Waals surface area contributed by atoms with Crippen molar-refractivity contribution in [3.05, 3.63) is 88.2 Å². The van der Waals surface area contributed by atoms with Crippen LogP contribution in [0.1, 0.15) is 26.3 Å². The van der Waals surface area contributed by atoms with Gasteiger partial charge in [-0.2, -0.15) is 23.0 Å². The van der Waals surface area contributed by atoms with Crippen LogP contribution in [0.25, 0.3) is 22.2 Å². The average molecular weight is 463 g/mol. The second-order valence-corrected chi connectivity index (χ2v) is 7.15. The van der Waals surface area contributed by atoms with E-state index >= 15 is 0 Å². The molecular weight excluding hydrogens is 452 g/mol. The third-order valence-electron chi connectivity index (χ3n) is 4.78. The topological polar surface area (TPSA) is 72.2 Å². The Bertz CT molecular complexity index is 1400. The fourth-order valence-electron chi connectivity index (χ4n) is 3.34. The molecule has 1 N–H and O–H groups in total. The van der Waals surface area contributed by atoms with Gasteiger partial charge in [-0.05, 0) is 36.4 Å². The highest BCUT2D eigenvalue weighted by Gasteiger charge is 2.37. The molecule has 162 valence electrons. The van der Waals surface area contributed by atoms with Crippen molar-refractivity contribution in [2.75, 3.05) is 0 Å². The Kier molecular flexibility index (Phi) is 5.21. The number of carboxylic acids is 1. The van der Waals surface area contributed by atoms with Crippen molar-refractivity contribution in [1.29, 1.82) is 0 Å². The van der Waals surface area contributed by atoms with Crippen LogP contribution >= 0.6 is 11.6 Å². The van der Waals surface area contributed by atoms with Gasteiger partial charge in [0, 0.05) is 10.9 Å². The normalized spacial score (nSPS) is 11.7. The Labute approximate surface area is 182 Å². The number of fused-ring (bicyclic) bond motifs is 1. The standard InChI is InChI=1S/C22H11ClF4N2O3/c23-15-6-3-5-14(22(25,26)27)18(15)20(30)29-17-7-2-1-4-13(17)19(28-29)12-9-8-11(21(31)32)10-16(12)24/h1-10H,(H,31,32). The molecule has 0 aliphatic rings. The smallest absolute Gasteiger partial charge is 0.417 e. The predicted octanol–water partition coefficient (Wildman–Crippen LogP) is 5.90. The van der Waals surface area contributed by atoms with E-state index in [1.165, 1.54) is 18.2 Å². The summed E-state index contributed by atoms with van der Waals surface area (Å²) in [5.74, 6) is -3.39. The molecule has 1 heterocycles. The first-order chi connectivity index (χ1) is 15.1. The van der Waals surface area contributed by atoms with E-state index in [0.717, 1.165) is 35.0 Å². The maximum absolute atomic E-state index is 14.7. The molecule has 10 heteroatoms. The van der Waals surface area contributed by atoms with Gasteiger partial charge in [-0.15, -0.1) is 0 Å². The first-order valence-corrected chi connectivity index (χ1v) is 9.38. The third-order valence-corrected chi connectivity index (χ3v) is 5.10. The zero-order valence-electron chi connectivity index (χ0n) is 15.8. The van der Waals surface area contributed by atoms with Crippen LogP contribution in [0.2, 0.25) is 5.02 Å². The Hall–Kier alpha value is -3.72. The molecule has 3 aromatic carbocycles. The van der Waals surface area contributed by atoms with Crippen molar-refractivity contribution < 1.29 is 32.3 Å². The van der Waals surface area contributed by atoms with Crippen LogP contribution in [-0.4, -0.2) is 26.8 Å². The zero-order chi connectivity index (χ0) is 23.2. The molecule has 0 spiro atoms. The van der Waals surface area contributed by atoms with E-state index in [-0.39, 0.29) is 27.7 Å². The predicted molar refractivity (Wildman–Crippen MR) is 108 cm³/mol. The Morgan fingerprint density at radius 2 is 1.72 bits per heavy atom. The van der Waals surface area contributed by atoms with Gasteiger partial charge in [0.05, 0.1) is 27.2 Å². The number of benzene rings is 3. The van der Waals surface area contributed by atoms with Crippen LogP contribution in [0, 0.1) is 5.82 Å². The second kappa shape index (κ2) is 7.76. The third kappa shape index (κ3) is 3.60. The van der Waals surface area contributed by atoms with E-state index in [1.54, 1.807) is 12.1 Å². The van der Waals surface area contributed by atoms with Crippen LogP contribution in [0.15, 0.2) is 60.7 Å². The second-order valence-electron chi connectivity index (χ2n) is 6.74. The minimum Gasteiger partial charge on any atom is -0.478 e. The molecule has 0 aliphatic heterocycles. The van der Waals surface area contributed by atoms with E-state index in [4.69, 9.17) is 16.7 Å². The van der Waals surface area contributed by atoms with Gasteiger partial charge in [0.25, 0.3) is 5.91 Å². The molecule has 0 radical (unpaired) electrons. The molecule has 32 heavy (non-hydrogen) atoms. The van der Waals surface area contributed by atoms with Gasteiger partial charge in [0.2, 0.25) is 0 Å². The number of aromatic carboxylic acids is 1. The maximum atomic E-state index is 14.7. The summed E-state index contributed by atoms with van der Waals surface area (Å²) in [6, 6.07) is 12.2. The van der Waals surface area contributed by atoms with Crippen LogP contribution < -0.4 is 0 Å². The molecule has 0 saturated heterocycles. The summed E-state index contributed by atoms with van der Waals surface area (Å²) in [6.45, 7) is 0. The number of carbonyl (C=O) groups is 2. The number of para-hydroxylation sites is 1. The van der Waals surface area contributed by atoms with E-state index in [9.17, 15) is 27.2 Å². The summed E-state index contributed by atoms with van der Waals surface area (Å²) in [4.78, 5) is 24.2. The van der Waals surface area contributed by atoms with Crippen LogP contribution in [0.3, 0.4) is 0 Å². The largest absolute Gasteiger partial charge is 0.478 e. The van der Waals surface area contributed by atoms with Crippen LogP contribution in [0.4, 0.5) is 17.6 Å². The minimum absolute atomic E-state index is 0.0380. The fraction of sp³-hybridized carbons (Fsp3) is 0.0455. The summed E-state index contributed by atoms with van der Waals surface area (Å²) in [7, 11) is 0. The van der Waals surface area contributed by atoms with Gasteiger partial charge in [-0.25, -0.2) is 9.18 Å². The van der Waals surface area contributed by atoms with Crippen molar-refractivity contribution in [1.82, 2.24) is 9.78 Å². The molecule has 0 unspecified atom stereocenters. The Morgan fingerprint density at radius 1 is 1.00 bits per heavy atom. The van der Waals surface area contributed by atoms with Gasteiger partial charge in [0.1, 0.15) is 11.5 Å². The number of rotatable bonds is 3. The number of halogens is 5. The number of carboxylic acid groups (broad SMARTS) is 1. The number of hydrogen-bond donors (Lipinski definition) is 1. The van der Waals surface area contributed by atoms with Crippen LogP contribution in [0.5, 0.6) is 0 Å². The monoisotopic (exact) mass is 462 g/mol. The molecule has 0 atom stereocenters. The molecule has 0 saturated carbocycles. The SMILES string of the molecule is O=C(O)c1ccc(-c2nn(C(=O)c3c(Cl)cccc3C(F)(F)F)c3ccccc23)c(F)c1. The molecule has 0 fully saturated rings. The fourth-order valence-corrected chi connectivity index (χ4v) is 3.60. The van der Waals surface area contributed by atoms with Crippen molar-refractivity contribution in [2.45, 2.75) is 6.18 Å². The summed E-state index contributed by atoms with van der Waals surface area (Å²) in [5, 5.41) is 13.0. The molecule has 5 nitrogen and oxygen atoms in total. The average Bonchev–Trinajstić information content (AvgIpc) is 3.12. The van der Waals surface area contributed by atoms with Crippen molar-refractivity contribution in [3.8, 4) is 11.3 Å². The Balaban J connectivity index is 1.95. The lowest BCUT2D eigenvalue weighted by molar-refractivity contribution is -0.137. The van der Waals surface area contributed by atoms with Crippen LogP contribution in [-0.2, 0) is 6.18 Å². The number of aromatic nitrogens is 2. The molecular formula is C22H11ClF4N2O3. The quantitative estimate of drug-likeness (QED) is 0.385. The highest BCUT2D eigenvalue weighted by atomic mass is 35.5. The van der Waals surface area contributed by atoms with Gasteiger partial charge in [-0.3, -0.25) is 4.79 Å². The number of hydrogen-bond acceptors (Lipinski definition) is 3. The molecule has 0 amide bonds. The number of alkyl halides is 3. The van der Waals surface area contributed by atoms with Gasteiger partial charge in [-0.1, -0.05) is 35.9 Å². The van der Waals surface area contributed by atoms with Crippen molar-refractivity contribution in [3.63, 3.8) is 0 Å². The number of nitrogens with zero attached hydrogens (tertiary/aromatic N) is 2. The lowest BCUT2D eigenvalue weighted by Crippen LogP contribution is -2.20. The number of carbonyl (C=O) groups excluding carboxylic acids is 1. The first-order valence-electron chi connectivity index (χ1n) is 9.01. The van der Waals surface area contributed by atoms with E-state index in [1.807, 2.05) is 0 Å². The van der Waals surface area contributed by atoms with Crippen molar-refractivity contribution in [2.24, 2.45) is 0 Å². The summed E-state index contributed by atoms with van der Waals surface area (Å²) in [6.07, 6.45) is -4.85. The van der Waals surface area contributed by atoms with E-state index in [0.29, 0.717) is 0 Å². The highest BCUT2D eigenvalue weighted by Crippen LogP contribution is 2.37. The van der Waals surface area contributed by atoms with Gasteiger partial charge in [0.15, 0.2) is 0 Å². The molecule has 4 rings (SSSR count). The lowest BCUT2D eigenvalue weighted by Gasteiger charge is -2.13. The molecule has 4 aromatic rings. The lowest BCUT2D eigenvalue weighted by atomic mass is 10.0.